The maximum atomic E-state index is 12.3. The molecule has 0 fully saturated rings. The van der Waals surface area contributed by atoms with Gasteiger partial charge < -0.3 is 5.32 Å². The van der Waals surface area contributed by atoms with Crippen LogP contribution in [0.4, 0.5) is 10.8 Å². The van der Waals surface area contributed by atoms with Crippen molar-refractivity contribution in [2.45, 2.75) is 13.8 Å². The zero-order valence-corrected chi connectivity index (χ0v) is 15.2. The number of para-hydroxylation sites is 1. The van der Waals surface area contributed by atoms with Crippen LogP contribution >= 0.6 is 22.9 Å². The van der Waals surface area contributed by atoms with Crippen molar-refractivity contribution in [3.63, 3.8) is 0 Å². The van der Waals surface area contributed by atoms with Crippen molar-refractivity contribution in [2.24, 2.45) is 0 Å². The molecule has 1 aromatic heterocycles. The summed E-state index contributed by atoms with van der Waals surface area (Å²) in [5.74, 6) is -0.701. The molecule has 2 rings (SSSR count). The predicted molar refractivity (Wildman–Crippen MR) is 99.5 cm³/mol. The number of nitriles is 1. The monoisotopic (exact) mass is 374 g/mol. The molecule has 0 aliphatic rings. The molecule has 8 heteroatoms. The highest BCUT2D eigenvalue weighted by Crippen LogP contribution is 2.23. The van der Waals surface area contributed by atoms with Gasteiger partial charge in [-0.15, -0.1) is 11.3 Å². The van der Waals surface area contributed by atoms with Crippen molar-refractivity contribution in [1.29, 1.82) is 5.26 Å². The second-order valence-corrected chi connectivity index (χ2v) is 6.17. The highest BCUT2D eigenvalue weighted by atomic mass is 35.5. The van der Waals surface area contributed by atoms with Gasteiger partial charge in [-0.1, -0.05) is 23.7 Å². The highest BCUT2D eigenvalue weighted by molar-refractivity contribution is 7.14. The minimum Gasteiger partial charge on any atom is -0.320 e. The van der Waals surface area contributed by atoms with Crippen molar-refractivity contribution >= 4 is 51.6 Å². The summed E-state index contributed by atoms with van der Waals surface area (Å²) >= 11 is 7.26. The van der Waals surface area contributed by atoms with Crippen molar-refractivity contribution in [3.8, 4) is 6.07 Å². The highest BCUT2D eigenvalue weighted by Gasteiger charge is 2.15. The van der Waals surface area contributed by atoms with Crippen LogP contribution in [0.5, 0.6) is 0 Å². The van der Waals surface area contributed by atoms with Crippen molar-refractivity contribution in [1.82, 2.24) is 4.98 Å². The average Bonchev–Trinajstić information content (AvgIpc) is 3.03. The van der Waals surface area contributed by atoms with Crippen LogP contribution < -0.4 is 10.2 Å². The number of nitrogens with one attached hydrogen (secondary N) is 1. The molecule has 2 amide bonds. The van der Waals surface area contributed by atoms with Gasteiger partial charge >= 0.3 is 0 Å². The van der Waals surface area contributed by atoms with E-state index in [1.807, 2.05) is 13.0 Å². The second kappa shape index (κ2) is 8.42. The van der Waals surface area contributed by atoms with Gasteiger partial charge in [0.05, 0.1) is 16.4 Å². The molecule has 0 saturated carbocycles. The molecule has 6 nitrogen and oxygen atoms in total. The molecule has 0 bridgehead atoms. The average molecular weight is 375 g/mol. The van der Waals surface area contributed by atoms with E-state index < -0.39 is 5.91 Å². The lowest BCUT2D eigenvalue weighted by atomic mass is 10.2. The molecule has 0 saturated heterocycles. The summed E-state index contributed by atoms with van der Waals surface area (Å²) in [5, 5.41) is 14.4. The minimum atomic E-state index is -0.580. The van der Waals surface area contributed by atoms with Gasteiger partial charge in [-0.25, -0.2) is 4.98 Å². The standard InChI is InChI=1S/C17H15ClN4O2S/c1-3-22(11(2)23)17-20-13(10-25-17)8-12(9-19)16(24)21-15-7-5-4-6-14(15)18/h4-8,10H,3H2,1-2H3,(H,21,24)/b12-8+. The lowest BCUT2D eigenvalue weighted by Gasteiger charge is -2.14. The zero-order valence-electron chi connectivity index (χ0n) is 13.6. The number of nitrogens with zero attached hydrogens (tertiary/aromatic N) is 3. The van der Waals surface area contributed by atoms with Gasteiger partial charge in [-0.3, -0.25) is 14.5 Å². The Morgan fingerprint density at radius 1 is 1.44 bits per heavy atom. The molecule has 1 heterocycles. The number of thiazole rings is 1. The summed E-state index contributed by atoms with van der Waals surface area (Å²) in [4.78, 5) is 29.6. The summed E-state index contributed by atoms with van der Waals surface area (Å²) in [7, 11) is 0. The Balaban J connectivity index is 2.22. The topological polar surface area (TPSA) is 86.1 Å². The SMILES string of the molecule is CCN(C(C)=O)c1nc(/C=C(\C#N)C(=O)Nc2ccccc2Cl)cs1. The molecular formula is C17H15ClN4O2S. The Bertz CT molecular complexity index is 870. The van der Waals surface area contributed by atoms with Gasteiger partial charge in [-0.05, 0) is 25.1 Å². The molecule has 128 valence electrons. The van der Waals surface area contributed by atoms with Gasteiger partial charge in [-0.2, -0.15) is 5.26 Å². The molecule has 1 N–H and O–H groups in total. The van der Waals surface area contributed by atoms with Crippen LogP contribution in [-0.4, -0.2) is 23.3 Å². The summed E-state index contributed by atoms with van der Waals surface area (Å²) in [6.07, 6.45) is 1.38. The first kappa shape index (κ1) is 18.6. The number of halogens is 1. The Morgan fingerprint density at radius 3 is 2.76 bits per heavy atom. The third-order valence-corrected chi connectivity index (χ3v) is 4.43. The normalized spacial score (nSPS) is 10.9. The molecule has 0 spiro atoms. The van der Waals surface area contributed by atoms with Crippen LogP contribution in [0.2, 0.25) is 5.02 Å². The van der Waals surface area contributed by atoms with E-state index >= 15 is 0 Å². The van der Waals surface area contributed by atoms with E-state index in [4.69, 9.17) is 11.6 Å². The van der Waals surface area contributed by atoms with Crippen LogP contribution in [-0.2, 0) is 9.59 Å². The maximum absolute atomic E-state index is 12.3. The van der Waals surface area contributed by atoms with E-state index in [2.05, 4.69) is 10.3 Å². The van der Waals surface area contributed by atoms with Crippen molar-refractivity contribution in [3.05, 3.63) is 45.9 Å². The molecule has 0 aliphatic heterocycles. The van der Waals surface area contributed by atoms with E-state index in [0.717, 1.165) is 0 Å². The van der Waals surface area contributed by atoms with Crippen molar-refractivity contribution < 1.29 is 9.59 Å². The van der Waals surface area contributed by atoms with Crippen LogP contribution in [0.25, 0.3) is 6.08 Å². The zero-order chi connectivity index (χ0) is 18.4. The van der Waals surface area contributed by atoms with E-state index in [1.165, 1.54) is 29.2 Å². The summed E-state index contributed by atoms with van der Waals surface area (Å²) in [6, 6.07) is 8.60. The largest absolute Gasteiger partial charge is 0.320 e. The summed E-state index contributed by atoms with van der Waals surface area (Å²) < 4.78 is 0. The van der Waals surface area contributed by atoms with Gasteiger partial charge in [0.15, 0.2) is 5.13 Å². The number of hydrogen-bond acceptors (Lipinski definition) is 5. The molecular weight excluding hydrogens is 360 g/mol. The number of hydrogen-bond donors (Lipinski definition) is 1. The van der Waals surface area contributed by atoms with Crippen LogP contribution in [0, 0.1) is 11.3 Å². The molecule has 25 heavy (non-hydrogen) atoms. The Morgan fingerprint density at radius 2 is 2.16 bits per heavy atom. The predicted octanol–water partition coefficient (Wildman–Crippen LogP) is 3.71. The number of benzene rings is 1. The molecule has 1 aromatic carbocycles. The Kier molecular flexibility index (Phi) is 6.28. The third-order valence-electron chi connectivity index (χ3n) is 3.22. The Labute approximate surface area is 154 Å². The van der Waals surface area contributed by atoms with Crippen LogP contribution in [0.3, 0.4) is 0 Å². The van der Waals surface area contributed by atoms with Crippen LogP contribution in [0.1, 0.15) is 19.5 Å². The first-order valence-electron chi connectivity index (χ1n) is 7.37. The fourth-order valence-electron chi connectivity index (χ4n) is 2.01. The van der Waals surface area contributed by atoms with Gasteiger partial charge in [0.25, 0.3) is 5.91 Å². The van der Waals surface area contributed by atoms with E-state index in [0.29, 0.717) is 28.1 Å². The Hall–Kier alpha value is -2.69. The number of carbonyl (C=O) groups is 2. The molecule has 0 aliphatic carbocycles. The lowest BCUT2D eigenvalue weighted by molar-refractivity contribution is -0.116. The van der Waals surface area contributed by atoms with E-state index in [1.54, 1.807) is 29.6 Å². The molecule has 0 atom stereocenters. The molecule has 0 radical (unpaired) electrons. The smallest absolute Gasteiger partial charge is 0.266 e. The van der Waals surface area contributed by atoms with Crippen LogP contribution in [0.15, 0.2) is 35.2 Å². The quantitative estimate of drug-likeness (QED) is 0.638. The maximum Gasteiger partial charge on any atom is 0.266 e. The fourth-order valence-corrected chi connectivity index (χ4v) is 3.08. The van der Waals surface area contributed by atoms with Crippen molar-refractivity contribution in [2.75, 3.05) is 16.8 Å². The van der Waals surface area contributed by atoms with Gasteiger partial charge in [0.2, 0.25) is 5.91 Å². The number of amides is 2. The number of rotatable bonds is 5. The number of aromatic nitrogens is 1. The summed E-state index contributed by atoms with van der Waals surface area (Å²) in [6.45, 7) is 3.79. The fraction of sp³-hybridized carbons (Fsp3) is 0.176. The first-order valence-corrected chi connectivity index (χ1v) is 8.63. The van der Waals surface area contributed by atoms with Gasteiger partial charge in [0, 0.05) is 18.8 Å². The molecule has 2 aromatic rings. The van der Waals surface area contributed by atoms with Gasteiger partial charge in [0.1, 0.15) is 11.6 Å². The molecule has 0 unspecified atom stereocenters. The third kappa shape index (κ3) is 4.66. The first-order chi connectivity index (χ1) is 12.0. The summed E-state index contributed by atoms with van der Waals surface area (Å²) in [5.41, 5.74) is 0.747. The number of carbonyl (C=O) groups excluding carboxylic acids is 2. The number of anilines is 2. The second-order valence-electron chi connectivity index (χ2n) is 4.92. The lowest BCUT2D eigenvalue weighted by Crippen LogP contribution is -2.27. The van der Waals surface area contributed by atoms with E-state index in [9.17, 15) is 14.9 Å². The van der Waals surface area contributed by atoms with E-state index in [-0.39, 0.29) is 11.5 Å². The minimum absolute atomic E-state index is 0.109.